The van der Waals surface area contributed by atoms with E-state index in [2.05, 4.69) is 34.0 Å². The first-order chi connectivity index (χ1) is 12.5. The smallest absolute Gasteiger partial charge is 0.193 e. The topological polar surface area (TPSA) is 49.3 Å². The minimum absolute atomic E-state index is 0.117. The van der Waals surface area contributed by atoms with Crippen molar-refractivity contribution in [2.75, 3.05) is 46.9 Å². The molecule has 4 fully saturated rings. The Morgan fingerprint density at radius 3 is 2.27 bits per heavy atom. The molecule has 1 N–H and O–H groups in total. The Labute approximate surface area is 158 Å². The van der Waals surface area contributed by atoms with Crippen LogP contribution in [0.25, 0.3) is 0 Å². The van der Waals surface area contributed by atoms with Gasteiger partial charge in [0.2, 0.25) is 0 Å². The second kappa shape index (κ2) is 7.28. The Kier molecular flexibility index (Phi) is 5.19. The van der Waals surface area contributed by atoms with Crippen molar-refractivity contribution in [1.29, 1.82) is 0 Å². The molecule has 0 radical (unpaired) electrons. The Morgan fingerprint density at radius 2 is 1.73 bits per heavy atom. The van der Waals surface area contributed by atoms with Crippen molar-refractivity contribution in [3.8, 4) is 0 Å². The summed E-state index contributed by atoms with van der Waals surface area (Å²) in [7, 11) is 3.75. The highest BCUT2D eigenvalue weighted by Crippen LogP contribution is 2.47. The van der Waals surface area contributed by atoms with Crippen molar-refractivity contribution in [3.05, 3.63) is 0 Å². The lowest BCUT2D eigenvalue weighted by molar-refractivity contribution is 0.00763. The van der Waals surface area contributed by atoms with Crippen LogP contribution in [0, 0.1) is 11.8 Å². The van der Waals surface area contributed by atoms with Gasteiger partial charge in [0.05, 0.1) is 18.3 Å². The van der Waals surface area contributed by atoms with E-state index < -0.39 is 0 Å². The van der Waals surface area contributed by atoms with E-state index in [1.54, 1.807) is 0 Å². The number of guanidine groups is 1. The molecule has 0 aliphatic carbocycles. The molecule has 2 bridgehead atoms. The van der Waals surface area contributed by atoms with Gasteiger partial charge in [-0.15, -0.1) is 0 Å². The molecule has 26 heavy (non-hydrogen) atoms. The fourth-order valence-electron chi connectivity index (χ4n) is 5.57. The summed E-state index contributed by atoms with van der Waals surface area (Å²) < 4.78 is 11.6. The zero-order chi connectivity index (χ0) is 18.3. The number of methoxy groups -OCH3 is 1. The van der Waals surface area contributed by atoms with Crippen LogP contribution < -0.4 is 5.32 Å². The van der Waals surface area contributed by atoms with Gasteiger partial charge in [-0.1, -0.05) is 0 Å². The second-order valence-electron chi connectivity index (χ2n) is 9.16. The lowest BCUT2D eigenvalue weighted by Crippen LogP contribution is -2.56. The Hall–Kier alpha value is -0.850. The number of fused-ring (bicyclic) bond motifs is 5. The van der Waals surface area contributed by atoms with Gasteiger partial charge in [0.1, 0.15) is 0 Å². The fraction of sp³-hybridized carbons (Fsp3) is 0.950. The first-order valence-corrected chi connectivity index (χ1v) is 10.4. The van der Waals surface area contributed by atoms with E-state index in [0.29, 0.717) is 30.1 Å². The molecule has 4 heterocycles. The highest BCUT2D eigenvalue weighted by atomic mass is 16.5. The summed E-state index contributed by atoms with van der Waals surface area (Å²) in [4.78, 5) is 9.65. The molecule has 0 aromatic carbocycles. The zero-order valence-corrected chi connectivity index (χ0v) is 16.9. The summed E-state index contributed by atoms with van der Waals surface area (Å²) in [5.74, 6) is 2.50. The Bertz CT molecular complexity index is 512. The molecule has 0 saturated carbocycles. The maximum atomic E-state index is 6.11. The van der Waals surface area contributed by atoms with Crippen molar-refractivity contribution in [2.45, 2.75) is 63.4 Å². The molecule has 4 saturated heterocycles. The van der Waals surface area contributed by atoms with E-state index in [-0.39, 0.29) is 5.54 Å². The molecule has 4 aliphatic rings. The van der Waals surface area contributed by atoms with Crippen LogP contribution in [-0.2, 0) is 9.47 Å². The van der Waals surface area contributed by atoms with Crippen LogP contribution in [0.4, 0.5) is 0 Å². The van der Waals surface area contributed by atoms with Crippen LogP contribution in [0.15, 0.2) is 4.99 Å². The van der Waals surface area contributed by atoms with Crippen molar-refractivity contribution < 1.29 is 9.47 Å². The Morgan fingerprint density at radius 1 is 1.12 bits per heavy atom. The van der Waals surface area contributed by atoms with Crippen LogP contribution in [-0.4, -0.2) is 86.5 Å². The van der Waals surface area contributed by atoms with Gasteiger partial charge in [0.25, 0.3) is 0 Å². The second-order valence-corrected chi connectivity index (χ2v) is 9.16. The van der Waals surface area contributed by atoms with E-state index in [9.17, 15) is 0 Å². The largest absolute Gasteiger partial charge is 0.381 e. The molecule has 0 spiro atoms. The van der Waals surface area contributed by atoms with E-state index in [0.717, 1.165) is 51.5 Å². The fourth-order valence-corrected chi connectivity index (χ4v) is 5.57. The molecule has 4 aliphatic heterocycles. The molecule has 0 aromatic rings. The first kappa shape index (κ1) is 18.5. The van der Waals surface area contributed by atoms with E-state index >= 15 is 0 Å². The van der Waals surface area contributed by atoms with Crippen LogP contribution in [0.1, 0.15) is 39.5 Å². The highest BCUT2D eigenvalue weighted by Gasteiger charge is 2.53. The number of ether oxygens (including phenoxy) is 2. The number of nitrogens with one attached hydrogen (secondary N) is 1. The predicted molar refractivity (Wildman–Crippen MR) is 103 cm³/mol. The van der Waals surface area contributed by atoms with Crippen molar-refractivity contribution in [3.63, 3.8) is 0 Å². The predicted octanol–water partition coefficient (Wildman–Crippen LogP) is 1.56. The van der Waals surface area contributed by atoms with Gasteiger partial charge in [-0.2, -0.15) is 0 Å². The van der Waals surface area contributed by atoms with Gasteiger partial charge in [-0.25, -0.2) is 0 Å². The maximum absolute atomic E-state index is 6.11. The summed E-state index contributed by atoms with van der Waals surface area (Å²) >= 11 is 0. The van der Waals surface area contributed by atoms with Gasteiger partial charge >= 0.3 is 0 Å². The minimum atomic E-state index is 0.117. The van der Waals surface area contributed by atoms with Crippen molar-refractivity contribution in [2.24, 2.45) is 16.8 Å². The molecular formula is C20H36N4O2. The van der Waals surface area contributed by atoms with Crippen LogP contribution in [0.2, 0.25) is 0 Å². The molecule has 0 amide bonds. The quantitative estimate of drug-likeness (QED) is 0.606. The van der Waals surface area contributed by atoms with Gasteiger partial charge in [-0.3, -0.25) is 9.89 Å². The highest BCUT2D eigenvalue weighted by molar-refractivity contribution is 5.80. The number of hydrogen-bond acceptors (Lipinski definition) is 4. The van der Waals surface area contributed by atoms with Crippen molar-refractivity contribution in [1.82, 2.24) is 15.1 Å². The number of piperidine rings is 1. The monoisotopic (exact) mass is 364 g/mol. The van der Waals surface area contributed by atoms with Crippen LogP contribution in [0.3, 0.4) is 0 Å². The summed E-state index contributed by atoms with van der Waals surface area (Å²) in [5.41, 5.74) is 0.117. The third-order valence-electron chi connectivity index (χ3n) is 7.27. The lowest BCUT2D eigenvalue weighted by atomic mass is 9.82. The third-order valence-corrected chi connectivity index (χ3v) is 7.27. The van der Waals surface area contributed by atoms with Crippen molar-refractivity contribution >= 4 is 5.96 Å². The van der Waals surface area contributed by atoms with Gasteiger partial charge in [-0.05, 0) is 39.5 Å². The number of hydrogen-bond donors (Lipinski definition) is 1. The third kappa shape index (κ3) is 3.36. The van der Waals surface area contributed by atoms with E-state index in [1.807, 2.05) is 14.2 Å². The standard InChI is InChI=1S/C20H36N4O2/c1-20(2,24-9-7-14(25-4)8-10-24)13-22-19(21-3)23-11-15-16(12-23)18-6-5-17(15)26-18/h14-18H,5-13H2,1-4H3,(H,21,22). The van der Waals surface area contributed by atoms with Gasteiger partial charge in [0, 0.05) is 64.3 Å². The first-order valence-electron chi connectivity index (χ1n) is 10.4. The van der Waals surface area contributed by atoms with Crippen LogP contribution >= 0.6 is 0 Å². The summed E-state index contributed by atoms with van der Waals surface area (Å²) in [6.45, 7) is 10.0. The Balaban J connectivity index is 1.30. The molecular weight excluding hydrogens is 328 g/mol. The number of rotatable bonds is 4. The average molecular weight is 365 g/mol. The SMILES string of the molecule is CN=C(NCC(C)(C)N1CCC(OC)CC1)N1CC2C3CCC(O3)C2C1. The van der Waals surface area contributed by atoms with E-state index in [4.69, 9.17) is 9.47 Å². The normalized spacial score (nSPS) is 36.0. The molecule has 6 nitrogen and oxygen atoms in total. The molecule has 4 rings (SSSR count). The zero-order valence-electron chi connectivity index (χ0n) is 16.9. The van der Waals surface area contributed by atoms with Crippen LogP contribution in [0.5, 0.6) is 0 Å². The molecule has 4 atom stereocenters. The summed E-state index contributed by atoms with van der Waals surface area (Å²) in [5, 5.41) is 3.68. The lowest BCUT2D eigenvalue weighted by Gasteiger charge is -2.43. The number of aliphatic imine (C=N–C) groups is 1. The summed E-state index contributed by atoms with van der Waals surface area (Å²) in [6.07, 6.45) is 6.23. The molecule has 6 heteroatoms. The molecule has 148 valence electrons. The number of likely N-dealkylation sites (tertiary alicyclic amines) is 2. The number of nitrogens with zero attached hydrogens (tertiary/aromatic N) is 3. The minimum Gasteiger partial charge on any atom is -0.381 e. The molecule has 4 unspecified atom stereocenters. The maximum Gasteiger partial charge on any atom is 0.193 e. The van der Waals surface area contributed by atoms with Gasteiger partial charge in [0.15, 0.2) is 5.96 Å². The van der Waals surface area contributed by atoms with E-state index in [1.165, 1.54) is 12.8 Å². The van der Waals surface area contributed by atoms with Gasteiger partial charge < -0.3 is 19.7 Å². The average Bonchev–Trinajstić information content (AvgIpc) is 3.35. The summed E-state index contributed by atoms with van der Waals surface area (Å²) in [6, 6.07) is 0. The molecule has 0 aromatic heterocycles.